The van der Waals surface area contributed by atoms with Crippen molar-refractivity contribution in [3.63, 3.8) is 0 Å². The Hall–Kier alpha value is -0.790. The third kappa shape index (κ3) is 3.08. The van der Waals surface area contributed by atoms with Crippen molar-refractivity contribution in [3.05, 3.63) is 27.1 Å². The van der Waals surface area contributed by atoms with Crippen LogP contribution in [0.3, 0.4) is 0 Å². The Balaban J connectivity index is 3.17. The summed E-state index contributed by atoms with van der Waals surface area (Å²) < 4.78 is 41.3. The fourth-order valence-electron chi connectivity index (χ4n) is 0.985. The first-order valence-corrected chi connectivity index (χ1v) is 4.94. The summed E-state index contributed by atoms with van der Waals surface area (Å²) in [7, 11) is 0. The minimum Gasteiger partial charge on any atom is -0.434 e. The lowest BCUT2D eigenvalue weighted by Crippen LogP contribution is -2.06. The monoisotopic (exact) mass is 330 g/mol. The van der Waals surface area contributed by atoms with Crippen LogP contribution in [-0.2, 0) is 0 Å². The van der Waals surface area contributed by atoms with Crippen LogP contribution < -0.4 is 4.74 Å². The Bertz CT molecular complexity index is 393. The van der Waals surface area contributed by atoms with Crippen molar-refractivity contribution in [2.45, 2.75) is 13.5 Å². The standard InChI is InChI=1S/C9H6F3IO2/c1-4(14)5-2-8(15-9(11)12)7(13)3-6(5)10/h2-3,9H,1H3. The number of halogens is 4. The molecule has 0 atom stereocenters. The molecule has 1 rings (SSSR count). The summed E-state index contributed by atoms with van der Waals surface area (Å²) in [4.78, 5) is 10.9. The van der Waals surface area contributed by atoms with Crippen LogP contribution in [0.15, 0.2) is 12.1 Å². The highest BCUT2D eigenvalue weighted by molar-refractivity contribution is 14.1. The van der Waals surface area contributed by atoms with Crippen molar-refractivity contribution in [2.24, 2.45) is 0 Å². The topological polar surface area (TPSA) is 26.3 Å². The zero-order valence-electron chi connectivity index (χ0n) is 7.56. The van der Waals surface area contributed by atoms with Crippen LogP contribution >= 0.6 is 22.6 Å². The van der Waals surface area contributed by atoms with Gasteiger partial charge in [-0.1, -0.05) is 0 Å². The van der Waals surface area contributed by atoms with Gasteiger partial charge in [0, 0.05) is 0 Å². The third-order valence-corrected chi connectivity index (χ3v) is 2.46. The SMILES string of the molecule is CC(=O)c1cc(OC(F)F)c(I)cc1F. The molecule has 0 unspecified atom stereocenters. The van der Waals surface area contributed by atoms with Gasteiger partial charge in [-0.25, -0.2) is 4.39 Å². The van der Waals surface area contributed by atoms with E-state index in [9.17, 15) is 18.0 Å². The van der Waals surface area contributed by atoms with E-state index in [1.165, 1.54) is 0 Å². The highest BCUT2D eigenvalue weighted by Crippen LogP contribution is 2.26. The smallest absolute Gasteiger partial charge is 0.387 e. The summed E-state index contributed by atoms with van der Waals surface area (Å²) in [6.07, 6.45) is 0. The summed E-state index contributed by atoms with van der Waals surface area (Å²) in [6, 6.07) is 1.96. The number of hydrogen-bond acceptors (Lipinski definition) is 2. The largest absolute Gasteiger partial charge is 0.434 e. The molecule has 0 aliphatic rings. The molecule has 6 heteroatoms. The van der Waals surface area contributed by atoms with E-state index >= 15 is 0 Å². The van der Waals surface area contributed by atoms with Crippen LogP contribution in [0.5, 0.6) is 5.75 Å². The number of Topliss-reactive ketones (excluding diaryl/α,β-unsaturated/α-hetero) is 1. The first-order chi connectivity index (χ1) is 6.91. The highest BCUT2D eigenvalue weighted by atomic mass is 127. The molecule has 0 aliphatic carbocycles. The van der Waals surface area contributed by atoms with E-state index in [0.29, 0.717) is 0 Å². The molecule has 0 radical (unpaired) electrons. The molecule has 0 amide bonds. The molecule has 1 aromatic rings. The molecule has 82 valence electrons. The molecule has 0 heterocycles. The molecule has 15 heavy (non-hydrogen) atoms. The number of carbonyl (C=O) groups is 1. The molecule has 0 fully saturated rings. The lowest BCUT2D eigenvalue weighted by molar-refractivity contribution is -0.0505. The van der Waals surface area contributed by atoms with Crippen LogP contribution in [0.2, 0.25) is 0 Å². The van der Waals surface area contributed by atoms with Gasteiger partial charge < -0.3 is 4.74 Å². The van der Waals surface area contributed by atoms with Crippen molar-refractivity contribution in [1.29, 1.82) is 0 Å². The van der Waals surface area contributed by atoms with Crippen LogP contribution in [0.25, 0.3) is 0 Å². The molecule has 0 aliphatic heterocycles. The second-order valence-electron chi connectivity index (χ2n) is 2.70. The fourth-order valence-corrected chi connectivity index (χ4v) is 1.54. The Morgan fingerprint density at radius 3 is 2.53 bits per heavy atom. The predicted molar refractivity (Wildman–Crippen MR) is 55.8 cm³/mol. The Morgan fingerprint density at radius 2 is 2.07 bits per heavy atom. The molecule has 0 saturated carbocycles. The number of hydrogen-bond donors (Lipinski definition) is 0. The van der Waals surface area contributed by atoms with E-state index in [4.69, 9.17) is 0 Å². The summed E-state index contributed by atoms with van der Waals surface area (Å²) in [5.41, 5.74) is -0.258. The maximum absolute atomic E-state index is 13.1. The molecule has 0 spiro atoms. The highest BCUT2D eigenvalue weighted by Gasteiger charge is 2.15. The molecule has 0 N–H and O–H groups in total. The van der Waals surface area contributed by atoms with Gasteiger partial charge in [0.25, 0.3) is 0 Å². The zero-order chi connectivity index (χ0) is 11.6. The van der Waals surface area contributed by atoms with E-state index in [0.717, 1.165) is 19.1 Å². The molecule has 1 aromatic carbocycles. The second kappa shape index (κ2) is 4.82. The lowest BCUT2D eigenvalue weighted by Gasteiger charge is -2.08. The first kappa shape index (κ1) is 12.3. The first-order valence-electron chi connectivity index (χ1n) is 3.86. The number of ketones is 1. The van der Waals surface area contributed by atoms with Gasteiger partial charge >= 0.3 is 6.61 Å². The van der Waals surface area contributed by atoms with Crippen molar-refractivity contribution < 1.29 is 22.7 Å². The Kier molecular flexibility index (Phi) is 3.95. The third-order valence-electron chi connectivity index (χ3n) is 1.62. The number of ether oxygens (including phenoxy) is 1. The van der Waals surface area contributed by atoms with Gasteiger partial charge in [0.2, 0.25) is 0 Å². The van der Waals surface area contributed by atoms with Crippen molar-refractivity contribution in [1.82, 2.24) is 0 Å². The average molecular weight is 330 g/mol. The minimum atomic E-state index is -3.00. The van der Waals surface area contributed by atoms with Gasteiger partial charge in [-0.2, -0.15) is 8.78 Å². The molecule has 0 saturated heterocycles. The molecule has 0 bridgehead atoms. The van der Waals surface area contributed by atoms with Crippen molar-refractivity contribution >= 4 is 28.4 Å². The maximum Gasteiger partial charge on any atom is 0.387 e. The summed E-state index contributed by atoms with van der Waals surface area (Å²) in [5.74, 6) is -1.48. The molecular weight excluding hydrogens is 324 g/mol. The summed E-state index contributed by atoms with van der Waals surface area (Å²) in [5, 5.41) is 0. The average Bonchev–Trinajstić information content (AvgIpc) is 2.08. The molecular formula is C9H6F3IO2. The molecule has 0 aromatic heterocycles. The Labute approximate surface area is 97.6 Å². The number of carbonyl (C=O) groups excluding carboxylic acids is 1. The molecule has 2 nitrogen and oxygen atoms in total. The van der Waals surface area contributed by atoms with Crippen LogP contribution in [0, 0.1) is 9.39 Å². The second-order valence-corrected chi connectivity index (χ2v) is 3.86. The van der Waals surface area contributed by atoms with Gasteiger partial charge in [0.05, 0.1) is 9.13 Å². The number of rotatable bonds is 3. The maximum atomic E-state index is 13.1. The lowest BCUT2D eigenvalue weighted by atomic mass is 10.1. The van der Waals surface area contributed by atoms with Crippen molar-refractivity contribution in [2.75, 3.05) is 0 Å². The fraction of sp³-hybridized carbons (Fsp3) is 0.222. The predicted octanol–water partition coefficient (Wildman–Crippen LogP) is 3.23. The quantitative estimate of drug-likeness (QED) is 0.628. The van der Waals surface area contributed by atoms with E-state index in [1.807, 2.05) is 0 Å². The van der Waals surface area contributed by atoms with Gasteiger partial charge in [0.1, 0.15) is 11.6 Å². The summed E-state index contributed by atoms with van der Waals surface area (Å²) in [6.45, 7) is -1.85. The van der Waals surface area contributed by atoms with Gasteiger partial charge in [-0.05, 0) is 41.6 Å². The van der Waals surface area contributed by atoms with E-state index in [2.05, 4.69) is 4.74 Å². The van der Waals surface area contributed by atoms with E-state index in [-0.39, 0.29) is 14.9 Å². The van der Waals surface area contributed by atoms with Gasteiger partial charge in [-0.3, -0.25) is 4.79 Å². The van der Waals surface area contributed by atoms with Crippen molar-refractivity contribution in [3.8, 4) is 5.75 Å². The number of alkyl halides is 2. The summed E-state index contributed by atoms with van der Waals surface area (Å²) >= 11 is 1.65. The van der Waals surface area contributed by atoms with E-state index in [1.54, 1.807) is 22.6 Å². The van der Waals surface area contributed by atoms with Crippen LogP contribution in [0.1, 0.15) is 17.3 Å². The zero-order valence-corrected chi connectivity index (χ0v) is 9.72. The number of benzene rings is 1. The van der Waals surface area contributed by atoms with E-state index < -0.39 is 18.2 Å². The van der Waals surface area contributed by atoms with Gasteiger partial charge in [-0.15, -0.1) is 0 Å². The minimum absolute atomic E-state index is 0.190. The Morgan fingerprint density at radius 1 is 1.47 bits per heavy atom. The van der Waals surface area contributed by atoms with Gasteiger partial charge in [0.15, 0.2) is 5.78 Å². The normalized spacial score (nSPS) is 10.5. The van der Waals surface area contributed by atoms with Crippen LogP contribution in [-0.4, -0.2) is 12.4 Å². The van der Waals surface area contributed by atoms with Crippen LogP contribution in [0.4, 0.5) is 13.2 Å².